The Bertz CT molecular complexity index is 301. The summed E-state index contributed by atoms with van der Waals surface area (Å²) in [5.74, 6) is -1.64. The molecule has 0 saturated heterocycles. The van der Waals surface area contributed by atoms with E-state index in [1.165, 1.54) is 0 Å². The van der Waals surface area contributed by atoms with Crippen LogP contribution >= 0.6 is 11.8 Å². The summed E-state index contributed by atoms with van der Waals surface area (Å²) in [5.41, 5.74) is 0. The van der Waals surface area contributed by atoms with E-state index >= 15 is 0 Å². The number of carbonyl (C=O) groups excluding carboxylic acids is 1. The second-order valence-electron chi connectivity index (χ2n) is 4.39. The van der Waals surface area contributed by atoms with E-state index in [-0.39, 0.29) is 16.6 Å². The van der Waals surface area contributed by atoms with Crippen molar-refractivity contribution in [1.82, 2.24) is 5.32 Å². The van der Waals surface area contributed by atoms with E-state index in [1.807, 2.05) is 0 Å². The molecule has 2 aliphatic rings. The average Bonchev–Trinajstić information content (AvgIpc) is 3.08. The van der Waals surface area contributed by atoms with Crippen LogP contribution in [0.15, 0.2) is 0 Å². The van der Waals surface area contributed by atoms with Gasteiger partial charge in [-0.25, -0.2) is 0 Å². The summed E-state index contributed by atoms with van der Waals surface area (Å²) in [6, 6.07) is 0. The molecule has 84 valence electrons. The Morgan fingerprint density at radius 2 is 2.13 bits per heavy atom. The first-order valence-corrected chi connectivity index (χ1v) is 6.36. The third-order valence-corrected chi connectivity index (χ3v) is 4.69. The Labute approximate surface area is 92.8 Å². The van der Waals surface area contributed by atoms with E-state index < -0.39 is 11.9 Å². The predicted molar refractivity (Wildman–Crippen MR) is 57.7 cm³/mol. The standard InChI is InChI=1S/C10H15NO3S/c1-15-10(2-3-10)5-11-8(12)6-4-7(6)9(13)14/h6-7H,2-5H2,1H3,(H,11,12)(H,13,14). The highest BCUT2D eigenvalue weighted by Gasteiger charge is 2.49. The lowest BCUT2D eigenvalue weighted by molar-refractivity contribution is -0.140. The number of carboxylic acids is 1. The van der Waals surface area contributed by atoms with Crippen LogP contribution in [-0.2, 0) is 9.59 Å². The van der Waals surface area contributed by atoms with Gasteiger partial charge in [-0.1, -0.05) is 0 Å². The van der Waals surface area contributed by atoms with Crippen LogP contribution in [0.2, 0.25) is 0 Å². The lowest BCUT2D eigenvalue weighted by Crippen LogP contribution is -2.33. The van der Waals surface area contributed by atoms with E-state index in [1.54, 1.807) is 11.8 Å². The summed E-state index contributed by atoms with van der Waals surface area (Å²) >= 11 is 1.79. The number of rotatable bonds is 5. The van der Waals surface area contributed by atoms with Gasteiger partial charge in [0.05, 0.1) is 11.8 Å². The zero-order valence-electron chi connectivity index (χ0n) is 8.66. The molecule has 4 nitrogen and oxygen atoms in total. The Morgan fingerprint density at radius 3 is 2.53 bits per heavy atom. The number of thioether (sulfide) groups is 1. The summed E-state index contributed by atoms with van der Waals surface area (Å²) in [4.78, 5) is 22.1. The van der Waals surface area contributed by atoms with Crippen LogP contribution in [0.1, 0.15) is 19.3 Å². The van der Waals surface area contributed by atoms with Gasteiger partial charge in [-0.15, -0.1) is 0 Å². The summed E-state index contributed by atoms with van der Waals surface area (Å²) in [7, 11) is 0. The number of nitrogens with one attached hydrogen (secondary N) is 1. The number of hydrogen-bond acceptors (Lipinski definition) is 3. The molecule has 15 heavy (non-hydrogen) atoms. The normalized spacial score (nSPS) is 30.7. The van der Waals surface area contributed by atoms with Gasteiger partial charge in [0.2, 0.25) is 5.91 Å². The number of carbonyl (C=O) groups is 2. The van der Waals surface area contributed by atoms with Gasteiger partial charge in [-0.2, -0.15) is 11.8 Å². The third-order valence-electron chi connectivity index (χ3n) is 3.27. The van der Waals surface area contributed by atoms with Crippen LogP contribution in [0.5, 0.6) is 0 Å². The molecular weight excluding hydrogens is 214 g/mol. The van der Waals surface area contributed by atoms with Gasteiger partial charge in [0.15, 0.2) is 0 Å². The smallest absolute Gasteiger partial charge is 0.307 e. The van der Waals surface area contributed by atoms with Gasteiger partial charge in [0, 0.05) is 11.3 Å². The quantitative estimate of drug-likeness (QED) is 0.729. The van der Waals surface area contributed by atoms with E-state index in [9.17, 15) is 9.59 Å². The topological polar surface area (TPSA) is 66.4 Å². The van der Waals surface area contributed by atoms with Crippen LogP contribution in [0, 0.1) is 11.8 Å². The van der Waals surface area contributed by atoms with Crippen LogP contribution < -0.4 is 5.32 Å². The SMILES string of the molecule is CSC1(CNC(=O)C2CC2C(=O)O)CC1. The maximum Gasteiger partial charge on any atom is 0.307 e. The fraction of sp³-hybridized carbons (Fsp3) is 0.800. The van der Waals surface area contributed by atoms with Crippen molar-refractivity contribution in [1.29, 1.82) is 0 Å². The fourth-order valence-corrected chi connectivity index (χ4v) is 2.46. The summed E-state index contributed by atoms with van der Waals surface area (Å²) in [6.45, 7) is 0.690. The van der Waals surface area contributed by atoms with Gasteiger partial charge in [0.1, 0.15) is 0 Å². The molecule has 5 heteroatoms. The zero-order chi connectivity index (χ0) is 11.1. The Kier molecular flexibility index (Phi) is 2.66. The number of aliphatic carboxylic acids is 1. The molecule has 0 aromatic heterocycles. The molecule has 0 aromatic carbocycles. The highest BCUT2D eigenvalue weighted by Crippen LogP contribution is 2.47. The first kappa shape index (κ1) is 10.8. The second-order valence-corrected chi connectivity index (χ2v) is 5.67. The van der Waals surface area contributed by atoms with Crippen molar-refractivity contribution in [3.63, 3.8) is 0 Å². The molecule has 1 amide bonds. The minimum Gasteiger partial charge on any atom is -0.481 e. The van der Waals surface area contributed by atoms with Crippen molar-refractivity contribution in [3.05, 3.63) is 0 Å². The first-order chi connectivity index (χ1) is 7.08. The second kappa shape index (κ2) is 3.70. The molecule has 0 spiro atoms. The van der Waals surface area contributed by atoms with Crippen LogP contribution in [-0.4, -0.2) is 34.5 Å². The Balaban J connectivity index is 1.73. The van der Waals surface area contributed by atoms with Crippen molar-refractivity contribution >= 4 is 23.6 Å². The van der Waals surface area contributed by atoms with E-state index in [0.717, 1.165) is 12.8 Å². The van der Waals surface area contributed by atoms with Crippen molar-refractivity contribution < 1.29 is 14.7 Å². The molecular formula is C10H15NO3S. The van der Waals surface area contributed by atoms with Crippen molar-refractivity contribution in [2.24, 2.45) is 11.8 Å². The molecule has 2 N–H and O–H groups in total. The maximum atomic E-state index is 11.5. The molecule has 0 radical (unpaired) electrons. The van der Waals surface area contributed by atoms with E-state index in [0.29, 0.717) is 13.0 Å². The number of carboxylic acid groups (broad SMARTS) is 1. The van der Waals surface area contributed by atoms with Crippen LogP contribution in [0.3, 0.4) is 0 Å². The first-order valence-electron chi connectivity index (χ1n) is 5.14. The summed E-state index contributed by atoms with van der Waals surface area (Å²) in [6.07, 6.45) is 4.87. The molecule has 2 rings (SSSR count). The van der Waals surface area contributed by atoms with Crippen molar-refractivity contribution in [3.8, 4) is 0 Å². The van der Waals surface area contributed by atoms with Gasteiger partial charge in [-0.05, 0) is 25.5 Å². The Morgan fingerprint density at radius 1 is 1.47 bits per heavy atom. The molecule has 2 aliphatic carbocycles. The number of hydrogen-bond donors (Lipinski definition) is 2. The van der Waals surface area contributed by atoms with E-state index in [2.05, 4.69) is 11.6 Å². The molecule has 2 fully saturated rings. The molecule has 2 unspecified atom stereocenters. The monoisotopic (exact) mass is 229 g/mol. The minimum absolute atomic E-state index is 0.0808. The minimum atomic E-state index is -0.846. The third kappa shape index (κ3) is 2.27. The van der Waals surface area contributed by atoms with Crippen LogP contribution in [0.4, 0.5) is 0 Å². The molecule has 0 aliphatic heterocycles. The Hall–Kier alpha value is -0.710. The largest absolute Gasteiger partial charge is 0.481 e. The van der Waals surface area contributed by atoms with E-state index in [4.69, 9.17) is 5.11 Å². The molecule has 2 saturated carbocycles. The van der Waals surface area contributed by atoms with Gasteiger partial charge < -0.3 is 10.4 Å². The average molecular weight is 229 g/mol. The lowest BCUT2D eigenvalue weighted by Gasteiger charge is -2.12. The maximum absolute atomic E-state index is 11.5. The van der Waals surface area contributed by atoms with Gasteiger partial charge >= 0.3 is 5.97 Å². The van der Waals surface area contributed by atoms with Gasteiger partial charge in [-0.3, -0.25) is 9.59 Å². The molecule has 0 aromatic rings. The highest BCUT2D eigenvalue weighted by atomic mass is 32.2. The highest BCUT2D eigenvalue weighted by molar-refractivity contribution is 8.00. The van der Waals surface area contributed by atoms with Crippen molar-refractivity contribution in [2.45, 2.75) is 24.0 Å². The molecule has 0 bridgehead atoms. The van der Waals surface area contributed by atoms with Gasteiger partial charge in [0.25, 0.3) is 0 Å². The predicted octanol–water partition coefficient (Wildman–Crippen LogP) is 0.719. The fourth-order valence-electron chi connectivity index (χ4n) is 1.73. The van der Waals surface area contributed by atoms with Crippen LogP contribution in [0.25, 0.3) is 0 Å². The molecule has 2 atom stereocenters. The lowest BCUT2D eigenvalue weighted by atomic mass is 10.3. The van der Waals surface area contributed by atoms with Crippen molar-refractivity contribution in [2.75, 3.05) is 12.8 Å². The number of amides is 1. The zero-order valence-corrected chi connectivity index (χ0v) is 9.47. The summed E-state index contributed by atoms with van der Waals surface area (Å²) in [5, 5.41) is 11.5. The molecule has 0 heterocycles. The summed E-state index contributed by atoms with van der Waals surface area (Å²) < 4.78 is 0.253.